The fraction of sp³-hybridized carbons (Fsp3) is 0.208. The first-order valence-electron chi connectivity index (χ1n) is 10.3. The Bertz CT molecular complexity index is 1130. The van der Waals surface area contributed by atoms with Crippen molar-refractivity contribution in [2.24, 2.45) is 0 Å². The second-order valence-corrected chi connectivity index (χ2v) is 8.36. The van der Waals surface area contributed by atoms with E-state index in [2.05, 4.69) is 15.6 Å². The van der Waals surface area contributed by atoms with Crippen LogP contribution in [0, 0.1) is 0 Å². The van der Waals surface area contributed by atoms with Gasteiger partial charge in [-0.2, -0.15) is 0 Å². The quantitative estimate of drug-likeness (QED) is 0.561. The van der Waals surface area contributed by atoms with Gasteiger partial charge >= 0.3 is 6.03 Å². The number of fused-ring (bicyclic) bond motifs is 1. The molecule has 0 fully saturated rings. The number of carbonyl (C=O) groups excluding carboxylic acids is 2. The number of nitrogens with zero attached hydrogens (tertiary/aromatic N) is 2. The molecule has 0 bridgehead atoms. The lowest BCUT2D eigenvalue weighted by Gasteiger charge is -2.28. The van der Waals surface area contributed by atoms with Crippen LogP contribution in [-0.2, 0) is 11.2 Å². The summed E-state index contributed by atoms with van der Waals surface area (Å²) in [6.07, 6.45) is 1.92. The van der Waals surface area contributed by atoms with Crippen molar-refractivity contribution in [1.29, 1.82) is 0 Å². The maximum atomic E-state index is 12.8. The normalized spacial score (nSPS) is 12.5. The number of thioether (sulfide) groups is 1. The molecule has 33 heavy (non-hydrogen) atoms. The van der Waals surface area contributed by atoms with E-state index in [1.165, 1.54) is 0 Å². The molecule has 9 heteroatoms. The van der Waals surface area contributed by atoms with Gasteiger partial charge in [-0.05, 0) is 29.8 Å². The summed E-state index contributed by atoms with van der Waals surface area (Å²) in [4.78, 5) is 31.3. The first-order chi connectivity index (χ1) is 16.1. The fourth-order valence-corrected chi connectivity index (χ4v) is 4.36. The van der Waals surface area contributed by atoms with Crippen molar-refractivity contribution in [2.75, 3.05) is 42.1 Å². The van der Waals surface area contributed by atoms with E-state index in [4.69, 9.17) is 9.47 Å². The number of amides is 3. The third-order valence-electron chi connectivity index (χ3n) is 5.05. The Morgan fingerprint density at radius 1 is 1.00 bits per heavy atom. The summed E-state index contributed by atoms with van der Waals surface area (Å²) >= 11 is 1.64. The van der Waals surface area contributed by atoms with Gasteiger partial charge in [-0.15, -0.1) is 11.8 Å². The van der Waals surface area contributed by atoms with E-state index in [1.807, 2.05) is 24.3 Å². The number of hydrogen-bond acceptors (Lipinski definition) is 6. The molecule has 2 N–H and O–H groups in total. The van der Waals surface area contributed by atoms with E-state index < -0.39 is 0 Å². The van der Waals surface area contributed by atoms with Crippen molar-refractivity contribution >= 4 is 40.8 Å². The van der Waals surface area contributed by atoms with Crippen molar-refractivity contribution in [2.45, 2.75) is 11.4 Å². The molecule has 0 radical (unpaired) electrons. The minimum atomic E-state index is -0.206. The SMILES string of the molecule is COc1cc(NC(=O)Cc2ccc(NC(=O)N3CCSc4ncccc43)cc2)cc(OC)c1. The van der Waals surface area contributed by atoms with Gasteiger partial charge in [0.25, 0.3) is 0 Å². The molecule has 3 aromatic rings. The predicted octanol–water partition coefficient (Wildman–Crippen LogP) is 4.42. The lowest BCUT2D eigenvalue weighted by Crippen LogP contribution is -2.38. The van der Waals surface area contributed by atoms with Crippen LogP contribution in [0.15, 0.2) is 65.8 Å². The highest BCUT2D eigenvalue weighted by Crippen LogP contribution is 2.32. The number of methoxy groups -OCH3 is 2. The lowest BCUT2D eigenvalue weighted by atomic mass is 10.1. The number of aromatic nitrogens is 1. The van der Waals surface area contributed by atoms with Crippen LogP contribution in [0.2, 0.25) is 0 Å². The van der Waals surface area contributed by atoms with Crippen molar-refractivity contribution in [3.8, 4) is 11.5 Å². The molecule has 1 aliphatic heterocycles. The molecule has 1 aromatic heterocycles. The Hall–Kier alpha value is -3.72. The number of urea groups is 1. The third kappa shape index (κ3) is 5.56. The van der Waals surface area contributed by atoms with E-state index in [-0.39, 0.29) is 18.4 Å². The lowest BCUT2D eigenvalue weighted by molar-refractivity contribution is -0.115. The molecular weight excluding hydrogens is 440 g/mol. The summed E-state index contributed by atoms with van der Waals surface area (Å²) in [6.45, 7) is 0.614. The topological polar surface area (TPSA) is 92.8 Å². The molecule has 0 saturated carbocycles. The Labute approximate surface area is 196 Å². The molecule has 1 aliphatic rings. The molecule has 3 amide bonds. The van der Waals surface area contributed by atoms with E-state index in [0.29, 0.717) is 29.4 Å². The first kappa shape index (κ1) is 22.5. The van der Waals surface area contributed by atoms with Gasteiger partial charge in [0, 0.05) is 48.1 Å². The zero-order chi connectivity index (χ0) is 23.2. The molecule has 2 aromatic carbocycles. The second kappa shape index (κ2) is 10.3. The minimum Gasteiger partial charge on any atom is -0.497 e. The highest BCUT2D eigenvalue weighted by atomic mass is 32.2. The standard InChI is InChI=1S/C24H24N4O4S/c1-31-19-13-18(14-20(15-19)32-2)26-22(29)12-16-5-7-17(8-6-16)27-24(30)28-10-11-33-23-21(28)4-3-9-25-23/h3-9,13-15H,10-12H2,1-2H3,(H,26,29)(H,27,30). The van der Waals surface area contributed by atoms with Gasteiger partial charge in [-0.3, -0.25) is 9.69 Å². The molecule has 0 saturated heterocycles. The van der Waals surface area contributed by atoms with Crippen LogP contribution < -0.4 is 25.0 Å². The molecule has 0 unspecified atom stereocenters. The second-order valence-electron chi connectivity index (χ2n) is 7.28. The Morgan fingerprint density at radius 2 is 1.73 bits per heavy atom. The van der Waals surface area contributed by atoms with Crippen LogP contribution in [0.5, 0.6) is 11.5 Å². The van der Waals surface area contributed by atoms with E-state index in [0.717, 1.165) is 22.0 Å². The maximum absolute atomic E-state index is 12.8. The summed E-state index contributed by atoms with van der Waals surface area (Å²) in [5.74, 6) is 1.81. The minimum absolute atomic E-state index is 0.169. The molecule has 0 aliphatic carbocycles. The molecule has 4 rings (SSSR count). The van der Waals surface area contributed by atoms with E-state index >= 15 is 0 Å². The number of benzene rings is 2. The Balaban J connectivity index is 1.36. The maximum Gasteiger partial charge on any atom is 0.326 e. The first-order valence-corrected chi connectivity index (χ1v) is 11.3. The van der Waals surface area contributed by atoms with Crippen LogP contribution in [0.25, 0.3) is 0 Å². The molecule has 8 nitrogen and oxygen atoms in total. The monoisotopic (exact) mass is 464 g/mol. The van der Waals surface area contributed by atoms with Crippen molar-refractivity contribution in [3.63, 3.8) is 0 Å². The van der Waals surface area contributed by atoms with Gasteiger partial charge < -0.3 is 20.1 Å². The van der Waals surface area contributed by atoms with Gasteiger partial charge in [-0.1, -0.05) is 12.1 Å². The van der Waals surface area contributed by atoms with Crippen LogP contribution in [0.1, 0.15) is 5.56 Å². The zero-order valence-electron chi connectivity index (χ0n) is 18.3. The number of ether oxygens (including phenoxy) is 2. The van der Waals surface area contributed by atoms with Gasteiger partial charge in [0.2, 0.25) is 5.91 Å². The van der Waals surface area contributed by atoms with Crippen molar-refractivity contribution < 1.29 is 19.1 Å². The van der Waals surface area contributed by atoms with Crippen LogP contribution in [0.3, 0.4) is 0 Å². The molecule has 170 valence electrons. The average molecular weight is 465 g/mol. The number of carbonyl (C=O) groups is 2. The molecule has 0 atom stereocenters. The number of hydrogen-bond donors (Lipinski definition) is 2. The van der Waals surface area contributed by atoms with E-state index in [9.17, 15) is 9.59 Å². The van der Waals surface area contributed by atoms with Crippen molar-refractivity contribution in [3.05, 3.63) is 66.4 Å². The summed E-state index contributed by atoms with van der Waals surface area (Å²) < 4.78 is 10.5. The third-order valence-corrected chi connectivity index (χ3v) is 6.02. The summed E-state index contributed by atoms with van der Waals surface area (Å²) in [5, 5.41) is 6.63. The molecule has 2 heterocycles. The average Bonchev–Trinajstić information content (AvgIpc) is 2.84. The largest absolute Gasteiger partial charge is 0.497 e. The smallest absolute Gasteiger partial charge is 0.326 e. The predicted molar refractivity (Wildman–Crippen MR) is 130 cm³/mol. The van der Waals surface area contributed by atoms with Crippen LogP contribution in [-0.4, -0.2) is 43.4 Å². The summed E-state index contributed by atoms with van der Waals surface area (Å²) in [7, 11) is 3.11. The van der Waals surface area contributed by atoms with Crippen LogP contribution in [0.4, 0.5) is 21.9 Å². The highest BCUT2D eigenvalue weighted by molar-refractivity contribution is 7.99. The zero-order valence-corrected chi connectivity index (χ0v) is 19.1. The summed E-state index contributed by atoms with van der Waals surface area (Å²) in [5.41, 5.74) is 2.89. The Morgan fingerprint density at radius 3 is 2.42 bits per heavy atom. The number of nitrogens with one attached hydrogen (secondary N) is 2. The molecule has 0 spiro atoms. The van der Waals surface area contributed by atoms with E-state index in [1.54, 1.807) is 67.4 Å². The highest BCUT2D eigenvalue weighted by Gasteiger charge is 2.23. The Kier molecular flexibility index (Phi) is 6.99. The van der Waals surface area contributed by atoms with Crippen LogP contribution >= 0.6 is 11.8 Å². The van der Waals surface area contributed by atoms with Gasteiger partial charge in [0.05, 0.1) is 26.3 Å². The number of rotatable bonds is 6. The number of anilines is 3. The summed E-state index contributed by atoms with van der Waals surface area (Å²) in [6, 6.07) is 15.9. The van der Waals surface area contributed by atoms with Crippen molar-refractivity contribution in [1.82, 2.24) is 4.98 Å². The number of pyridine rings is 1. The fourth-order valence-electron chi connectivity index (χ4n) is 3.43. The van der Waals surface area contributed by atoms with Gasteiger partial charge in [-0.25, -0.2) is 9.78 Å². The van der Waals surface area contributed by atoms with Gasteiger partial charge in [0.15, 0.2) is 0 Å². The van der Waals surface area contributed by atoms with Gasteiger partial charge in [0.1, 0.15) is 16.5 Å². The molecular formula is C24H24N4O4S.